The Balaban J connectivity index is 2.18. The number of nitrogens with zero attached hydrogens (tertiary/aromatic N) is 2. The van der Waals surface area contributed by atoms with Gasteiger partial charge < -0.3 is 11.1 Å². The van der Waals surface area contributed by atoms with E-state index in [9.17, 15) is 0 Å². The SMILES string of the molecule is CCc1c(N)ncnc1NC1CC1(C)C. The predicted molar refractivity (Wildman–Crippen MR) is 61.6 cm³/mol. The zero-order valence-corrected chi connectivity index (χ0v) is 9.54. The van der Waals surface area contributed by atoms with Crippen LogP contribution >= 0.6 is 0 Å². The van der Waals surface area contributed by atoms with E-state index in [1.807, 2.05) is 0 Å². The van der Waals surface area contributed by atoms with Gasteiger partial charge in [-0.3, -0.25) is 0 Å². The van der Waals surface area contributed by atoms with Gasteiger partial charge in [-0.25, -0.2) is 9.97 Å². The van der Waals surface area contributed by atoms with Crippen molar-refractivity contribution in [1.82, 2.24) is 9.97 Å². The first-order chi connectivity index (χ1) is 7.04. The quantitative estimate of drug-likeness (QED) is 0.792. The van der Waals surface area contributed by atoms with E-state index in [1.54, 1.807) is 0 Å². The highest BCUT2D eigenvalue weighted by Gasteiger charge is 2.46. The number of nitrogens with two attached hydrogens (primary N) is 1. The molecule has 1 fully saturated rings. The van der Waals surface area contributed by atoms with Crippen LogP contribution in [-0.2, 0) is 6.42 Å². The number of hydrogen-bond acceptors (Lipinski definition) is 4. The molecule has 1 aromatic rings. The summed E-state index contributed by atoms with van der Waals surface area (Å²) in [7, 11) is 0. The van der Waals surface area contributed by atoms with Crippen LogP contribution in [0.4, 0.5) is 11.6 Å². The van der Waals surface area contributed by atoms with E-state index in [1.165, 1.54) is 12.7 Å². The highest BCUT2D eigenvalue weighted by atomic mass is 15.1. The summed E-state index contributed by atoms with van der Waals surface area (Å²) >= 11 is 0. The Kier molecular flexibility index (Phi) is 2.29. The van der Waals surface area contributed by atoms with Crippen LogP contribution in [0.3, 0.4) is 0 Å². The molecule has 0 bridgehead atoms. The fraction of sp³-hybridized carbons (Fsp3) is 0.636. The van der Waals surface area contributed by atoms with Crippen LogP contribution in [0.2, 0.25) is 0 Å². The lowest BCUT2D eigenvalue weighted by atomic mass is 10.2. The van der Waals surface area contributed by atoms with Crippen molar-refractivity contribution in [3.05, 3.63) is 11.9 Å². The Labute approximate surface area is 90.3 Å². The molecular weight excluding hydrogens is 188 g/mol. The van der Waals surface area contributed by atoms with Gasteiger partial charge in [0, 0.05) is 11.6 Å². The van der Waals surface area contributed by atoms with Crippen LogP contribution in [0, 0.1) is 5.41 Å². The molecule has 3 N–H and O–H groups in total. The van der Waals surface area contributed by atoms with Crippen LogP contribution in [-0.4, -0.2) is 16.0 Å². The molecule has 15 heavy (non-hydrogen) atoms. The Bertz CT molecular complexity index is 373. The van der Waals surface area contributed by atoms with Crippen molar-refractivity contribution in [3.8, 4) is 0 Å². The van der Waals surface area contributed by atoms with Crippen molar-refractivity contribution in [1.29, 1.82) is 0 Å². The van der Waals surface area contributed by atoms with Crippen LogP contribution < -0.4 is 11.1 Å². The van der Waals surface area contributed by atoms with Crippen molar-refractivity contribution in [3.63, 3.8) is 0 Å². The van der Waals surface area contributed by atoms with Crippen LogP contribution in [0.1, 0.15) is 32.8 Å². The van der Waals surface area contributed by atoms with Crippen molar-refractivity contribution in [2.75, 3.05) is 11.1 Å². The Morgan fingerprint density at radius 2 is 2.20 bits per heavy atom. The van der Waals surface area contributed by atoms with Crippen LogP contribution in [0.25, 0.3) is 0 Å². The Morgan fingerprint density at radius 3 is 2.73 bits per heavy atom. The largest absolute Gasteiger partial charge is 0.383 e. The maximum atomic E-state index is 5.80. The van der Waals surface area contributed by atoms with Crippen molar-refractivity contribution < 1.29 is 0 Å². The van der Waals surface area contributed by atoms with E-state index in [0.29, 0.717) is 17.3 Å². The average molecular weight is 206 g/mol. The highest BCUT2D eigenvalue weighted by molar-refractivity contribution is 5.56. The summed E-state index contributed by atoms with van der Waals surface area (Å²) < 4.78 is 0. The van der Waals surface area contributed by atoms with Gasteiger partial charge in [-0.05, 0) is 18.3 Å². The summed E-state index contributed by atoms with van der Waals surface area (Å²) in [5.41, 5.74) is 7.23. The van der Waals surface area contributed by atoms with E-state index in [4.69, 9.17) is 5.73 Å². The van der Waals surface area contributed by atoms with Gasteiger partial charge in [0.15, 0.2) is 0 Å². The molecule has 82 valence electrons. The number of rotatable bonds is 3. The third-order valence-electron chi connectivity index (χ3n) is 3.16. The summed E-state index contributed by atoms with van der Waals surface area (Å²) in [4.78, 5) is 8.26. The van der Waals surface area contributed by atoms with Crippen molar-refractivity contribution in [2.24, 2.45) is 5.41 Å². The van der Waals surface area contributed by atoms with E-state index in [2.05, 4.69) is 36.1 Å². The summed E-state index contributed by atoms with van der Waals surface area (Å²) in [6.45, 7) is 6.57. The summed E-state index contributed by atoms with van der Waals surface area (Å²) in [5, 5.41) is 3.44. The Morgan fingerprint density at radius 1 is 1.53 bits per heavy atom. The molecule has 1 unspecified atom stereocenters. The van der Waals surface area contributed by atoms with E-state index in [0.717, 1.165) is 17.8 Å². The Hall–Kier alpha value is -1.32. The predicted octanol–water partition coefficient (Wildman–Crippen LogP) is 1.83. The smallest absolute Gasteiger partial charge is 0.134 e. The van der Waals surface area contributed by atoms with Crippen molar-refractivity contribution >= 4 is 11.6 Å². The summed E-state index contributed by atoms with van der Waals surface area (Å²) in [5.74, 6) is 1.49. The molecule has 2 rings (SSSR count). The maximum absolute atomic E-state index is 5.80. The molecular formula is C11H18N4. The number of nitrogen functional groups attached to an aromatic ring is 1. The molecule has 1 aliphatic rings. The molecule has 1 aliphatic carbocycles. The van der Waals surface area contributed by atoms with Crippen LogP contribution in [0.15, 0.2) is 6.33 Å². The third-order valence-corrected chi connectivity index (χ3v) is 3.16. The number of nitrogens with one attached hydrogen (secondary N) is 1. The summed E-state index contributed by atoms with van der Waals surface area (Å²) in [6.07, 6.45) is 3.58. The van der Waals surface area contributed by atoms with Crippen LogP contribution in [0.5, 0.6) is 0 Å². The van der Waals surface area contributed by atoms with Gasteiger partial charge in [0.1, 0.15) is 18.0 Å². The molecule has 0 spiro atoms. The topological polar surface area (TPSA) is 63.8 Å². The lowest BCUT2D eigenvalue weighted by Crippen LogP contribution is -2.13. The first-order valence-electron chi connectivity index (χ1n) is 5.40. The molecule has 0 amide bonds. The summed E-state index contributed by atoms with van der Waals surface area (Å²) in [6, 6.07) is 0.525. The zero-order chi connectivity index (χ0) is 11.1. The fourth-order valence-electron chi connectivity index (χ4n) is 1.78. The van der Waals surface area contributed by atoms with Gasteiger partial charge >= 0.3 is 0 Å². The monoisotopic (exact) mass is 206 g/mol. The fourth-order valence-corrected chi connectivity index (χ4v) is 1.78. The van der Waals surface area contributed by atoms with Gasteiger partial charge in [-0.1, -0.05) is 20.8 Å². The molecule has 1 heterocycles. The first kappa shape index (κ1) is 10.2. The molecule has 0 aromatic carbocycles. The minimum absolute atomic E-state index is 0.394. The minimum atomic E-state index is 0.394. The van der Waals surface area contributed by atoms with Gasteiger partial charge in [-0.15, -0.1) is 0 Å². The van der Waals surface area contributed by atoms with E-state index < -0.39 is 0 Å². The molecule has 0 radical (unpaired) electrons. The minimum Gasteiger partial charge on any atom is -0.383 e. The lowest BCUT2D eigenvalue weighted by molar-refractivity contribution is 0.629. The molecule has 0 aliphatic heterocycles. The van der Waals surface area contributed by atoms with E-state index >= 15 is 0 Å². The first-order valence-corrected chi connectivity index (χ1v) is 5.40. The second-order valence-corrected chi connectivity index (χ2v) is 4.83. The second kappa shape index (κ2) is 3.36. The van der Waals surface area contributed by atoms with Gasteiger partial charge in [0.25, 0.3) is 0 Å². The number of anilines is 2. The highest BCUT2D eigenvalue weighted by Crippen LogP contribution is 2.46. The molecule has 1 saturated carbocycles. The van der Waals surface area contributed by atoms with Gasteiger partial charge in [0.05, 0.1) is 0 Å². The zero-order valence-electron chi connectivity index (χ0n) is 9.54. The third kappa shape index (κ3) is 1.89. The van der Waals surface area contributed by atoms with Crippen molar-refractivity contribution in [2.45, 2.75) is 39.7 Å². The standard InChI is InChI=1S/C11H18N4/c1-4-7-9(12)13-6-14-10(7)15-8-5-11(8,2)3/h6,8H,4-5H2,1-3H3,(H3,12,13,14,15). The molecule has 1 atom stereocenters. The lowest BCUT2D eigenvalue weighted by Gasteiger charge is -2.11. The molecule has 4 heteroatoms. The average Bonchev–Trinajstić information content (AvgIpc) is 2.74. The van der Waals surface area contributed by atoms with Gasteiger partial charge in [-0.2, -0.15) is 0 Å². The number of hydrogen-bond donors (Lipinski definition) is 2. The number of aromatic nitrogens is 2. The normalized spacial score (nSPS) is 22.5. The molecule has 1 aromatic heterocycles. The maximum Gasteiger partial charge on any atom is 0.134 e. The van der Waals surface area contributed by atoms with Gasteiger partial charge in [0.2, 0.25) is 0 Å². The molecule has 4 nitrogen and oxygen atoms in total. The van der Waals surface area contributed by atoms with E-state index in [-0.39, 0.29) is 0 Å². The molecule has 0 saturated heterocycles. The second-order valence-electron chi connectivity index (χ2n) is 4.83.